The van der Waals surface area contributed by atoms with Crippen LogP contribution in [0, 0.1) is 0 Å². The standard InChI is InChI=1S/C10H11N3O3/c1-2-15-7-13-9(12-16-10(13)14)8-5-3-4-6-11-8/h3-6H,2,7H2,1H3. The van der Waals surface area contributed by atoms with Gasteiger partial charge in [-0.05, 0) is 19.1 Å². The first-order chi connectivity index (χ1) is 7.83. The zero-order valence-corrected chi connectivity index (χ0v) is 8.79. The number of hydrogen-bond acceptors (Lipinski definition) is 5. The molecule has 0 radical (unpaired) electrons. The van der Waals surface area contributed by atoms with E-state index >= 15 is 0 Å². The van der Waals surface area contributed by atoms with Gasteiger partial charge in [0.05, 0.1) is 0 Å². The van der Waals surface area contributed by atoms with Gasteiger partial charge in [-0.15, -0.1) is 0 Å². The zero-order chi connectivity index (χ0) is 11.4. The summed E-state index contributed by atoms with van der Waals surface area (Å²) in [6, 6.07) is 5.35. The summed E-state index contributed by atoms with van der Waals surface area (Å²) in [7, 11) is 0. The summed E-state index contributed by atoms with van der Waals surface area (Å²) < 4.78 is 11.0. The molecule has 6 heteroatoms. The molecule has 2 heterocycles. The number of hydrogen-bond donors (Lipinski definition) is 0. The van der Waals surface area contributed by atoms with E-state index in [2.05, 4.69) is 14.7 Å². The second kappa shape index (κ2) is 4.71. The molecule has 0 aliphatic carbocycles. The van der Waals surface area contributed by atoms with E-state index in [0.717, 1.165) is 0 Å². The van der Waals surface area contributed by atoms with E-state index in [9.17, 15) is 4.79 Å². The lowest BCUT2D eigenvalue weighted by Gasteiger charge is -2.02. The molecule has 0 saturated carbocycles. The van der Waals surface area contributed by atoms with Crippen LogP contribution in [0.5, 0.6) is 0 Å². The molecule has 0 aliphatic rings. The summed E-state index contributed by atoms with van der Waals surface area (Å²) in [5.74, 6) is -0.173. The number of pyridine rings is 1. The van der Waals surface area contributed by atoms with Crippen LogP contribution in [0.3, 0.4) is 0 Å². The Kier molecular flexibility index (Phi) is 3.11. The molecule has 0 unspecified atom stereocenters. The number of nitrogens with zero attached hydrogens (tertiary/aromatic N) is 3. The van der Waals surface area contributed by atoms with E-state index in [1.807, 2.05) is 13.0 Å². The van der Waals surface area contributed by atoms with Crippen molar-refractivity contribution < 1.29 is 9.26 Å². The molecule has 0 saturated heterocycles. The van der Waals surface area contributed by atoms with Crippen LogP contribution < -0.4 is 5.76 Å². The van der Waals surface area contributed by atoms with Crippen LogP contribution in [-0.2, 0) is 11.5 Å². The van der Waals surface area contributed by atoms with Gasteiger partial charge in [-0.3, -0.25) is 9.51 Å². The lowest BCUT2D eigenvalue weighted by Crippen LogP contribution is -2.17. The molecule has 84 valence electrons. The number of rotatable bonds is 4. The fraction of sp³-hybridized carbons (Fsp3) is 0.300. The SMILES string of the molecule is CCOCn1c(-c2ccccn2)noc1=O. The molecular formula is C10H11N3O3. The van der Waals surface area contributed by atoms with Gasteiger partial charge < -0.3 is 4.74 Å². The van der Waals surface area contributed by atoms with Crippen molar-refractivity contribution >= 4 is 0 Å². The molecule has 0 atom stereocenters. The largest absolute Gasteiger partial charge is 0.443 e. The van der Waals surface area contributed by atoms with Crippen LogP contribution in [-0.4, -0.2) is 21.3 Å². The highest BCUT2D eigenvalue weighted by Crippen LogP contribution is 2.11. The minimum atomic E-state index is -0.547. The molecule has 2 rings (SSSR count). The molecule has 0 amide bonds. The average molecular weight is 221 g/mol. The maximum absolute atomic E-state index is 11.3. The van der Waals surface area contributed by atoms with Gasteiger partial charge >= 0.3 is 5.76 Å². The molecular weight excluding hydrogens is 210 g/mol. The monoisotopic (exact) mass is 221 g/mol. The van der Waals surface area contributed by atoms with Gasteiger partial charge in [0.1, 0.15) is 12.4 Å². The zero-order valence-electron chi connectivity index (χ0n) is 8.79. The third-order valence-corrected chi connectivity index (χ3v) is 2.00. The highest BCUT2D eigenvalue weighted by Gasteiger charge is 2.12. The first-order valence-corrected chi connectivity index (χ1v) is 4.88. The Balaban J connectivity index is 2.38. The minimum absolute atomic E-state index is 0.116. The summed E-state index contributed by atoms with van der Waals surface area (Å²) in [6.45, 7) is 2.48. The summed E-state index contributed by atoms with van der Waals surface area (Å²) in [6.07, 6.45) is 1.62. The van der Waals surface area contributed by atoms with Crippen molar-refractivity contribution in [1.29, 1.82) is 0 Å². The van der Waals surface area contributed by atoms with Crippen molar-refractivity contribution in [3.63, 3.8) is 0 Å². The van der Waals surface area contributed by atoms with E-state index < -0.39 is 5.76 Å². The van der Waals surface area contributed by atoms with Gasteiger partial charge in [0.15, 0.2) is 0 Å². The minimum Gasteiger partial charge on any atom is -0.361 e. The normalized spacial score (nSPS) is 10.6. The number of aromatic nitrogens is 3. The van der Waals surface area contributed by atoms with Gasteiger partial charge in [0.25, 0.3) is 0 Å². The lowest BCUT2D eigenvalue weighted by molar-refractivity contribution is 0.0839. The fourth-order valence-corrected chi connectivity index (χ4v) is 1.24. The molecule has 16 heavy (non-hydrogen) atoms. The highest BCUT2D eigenvalue weighted by molar-refractivity contribution is 5.47. The Bertz CT molecular complexity index is 504. The average Bonchev–Trinajstić information content (AvgIpc) is 2.69. The molecule has 2 aromatic rings. The van der Waals surface area contributed by atoms with E-state index in [1.165, 1.54) is 4.57 Å². The third-order valence-electron chi connectivity index (χ3n) is 2.00. The first kappa shape index (κ1) is 10.6. The Morgan fingerprint density at radius 1 is 1.50 bits per heavy atom. The van der Waals surface area contributed by atoms with E-state index in [0.29, 0.717) is 18.1 Å². The van der Waals surface area contributed by atoms with Gasteiger partial charge in [0.2, 0.25) is 5.82 Å². The molecule has 0 bridgehead atoms. The van der Waals surface area contributed by atoms with Crippen molar-refractivity contribution in [2.45, 2.75) is 13.7 Å². The Morgan fingerprint density at radius 3 is 3.06 bits per heavy atom. The quantitative estimate of drug-likeness (QED) is 0.766. The van der Waals surface area contributed by atoms with Gasteiger partial charge in [-0.25, -0.2) is 9.36 Å². The predicted molar refractivity (Wildman–Crippen MR) is 55.6 cm³/mol. The smallest absolute Gasteiger partial charge is 0.361 e. The van der Waals surface area contributed by atoms with Gasteiger partial charge in [-0.2, -0.15) is 0 Å². The molecule has 0 fully saturated rings. The van der Waals surface area contributed by atoms with Crippen LogP contribution in [0.15, 0.2) is 33.7 Å². The maximum Gasteiger partial charge on any atom is 0.443 e. The van der Waals surface area contributed by atoms with Crippen LogP contribution in [0.4, 0.5) is 0 Å². The lowest BCUT2D eigenvalue weighted by atomic mass is 10.3. The van der Waals surface area contributed by atoms with Crippen LogP contribution in [0.2, 0.25) is 0 Å². The van der Waals surface area contributed by atoms with Crippen LogP contribution >= 0.6 is 0 Å². The fourth-order valence-electron chi connectivity index (χ4n) is 1.24. The van der Waals surface area contributed by atoms with E-state index in [1.54, 1.807) is 18.3 Å². The first-order valence-electron chi connectivity index (χ1n) is 4.88. The number of ether oxygens (including phenoxy) is 1. The molecule has 0 aromatic carbocycles. The van der Waals surface area contributed by atoms with E-state index in [4.69, 9.17) is 4.74 Å². The molecule has 6 nitrogen and oxygen atoms in total. The van der Waals surface area contributed by atoms with Crippen molar-refractivity contribution in [3.05, 3.63) is 34.9 Å². The topological polar surface area (TPSA) is 70.2 Å². The van der Waals surface area contributed by atoms with Crippen LogP contribution in [0.1, 0.15) is 6.92 Å². The molecule has 0 aliphatic heterocycles. The predicted octanol–water partition coefficient (Wildman–Crippen LogP) is 0.892. The Hall–Kier alpha value is -1.95. The van der Waals surface area contributed by atoms with Crippen molar-refractivity contribution in [2.24, 2.45) is 0 Å². The summed E-state index contributed by atoms with van der Waals surface area (Å²) in [4.78, 5) is 15.4. The van der Waals surface area contributed by atoms with Crippen molar-refractivity contribution in [2.75, 3.05) is 6.61 Å². The molecule has 2 aromatic heterocycles. The Morgan fingerprint density at radius 2 is 2.38 bits per heavy atom. The van der Waals surface area contributed by atoms with Crippen molar-refractivity contribution in [1.82, 2.24) is 14.7 Å². The van der Waals surface area contributed by atoms with Gasteiger partial charge in [-0.1, -0.05) is 11.2 Å². The van der Waals surface area contributed by atoms with E-state index in [-0.39, 0.29) is 6.73 Å². The Labute approximate surface area is 91.5 Å². The summed E-state index contributed by atoms with van der Waals surface area (Å²) >= 11 is 0. The molecule has 0 N–H and O–H groups in total. The second-order valence-corrected chi connectivity index (χ2v) is 3.04. The van der Waals surface area contributed by atoms with Crippen LogP contribution in [0.25, 0.3) is 11.5 Å². The summed E-state index contributed by atoms with van der Waals surface area (Å²) in [5, 5.41) is 3.67. The third kappa shape index (κ3) is 2.01. The highest BCUT2D eigenvalue weighted by atomic mass is 16.5. The summed E-state index contributed by atoms with van der Waals surface area (Å²) in [5.41, 5.74) is 0.577. The molecule has 0 spiro atoms. The van der Waals surface area contributed by atoms with Crippen molar-refractivity contribution in [3.8, 4) is 11.5 Å². The maximum atomic E-state index is 11.3. The second-order valence-electron chi connectivity index (χ2n) is 3.04. The van der Waals surface area contributed by atoms with Gasteiger partial charge in [0, 0.05) is 12.8 Å².